The number of aryl methyl sites for hydroxylation is 1. The molecule has 0 fully saturated rings. The van der Waals surface area contributed by atoms with Gasteiger partial charge in [0.05, 0.1) is 34.6 Å². The van der Waals surface area contributed by atoms with Crippen LogP contribution in [0.4, 0.5) is 8.78 Å². The summed E-state index contributed by atoms with van der Waals surface area (Å²) in [6, 6.07) is 16.3. The quantitative estimate of drug-likeness (QED) is 0.0523. The van der Waals surface area contributed by atoms with Crippen LogP contribution in [0.1, 0.15) is 161 Å². The van der Waals surface area contributed by atoms with Crippen molar-refractivity contribution in [3.8, 4) is 0 Å². The number of hydrogen-bond acceptors (Lipinski definition) is 26. The molecule has 0 spiro atoms. The molecule has 25 nitrogen and oxygen atoms in total. The first kappa shape index (κ1) is 84.4. The molecule has 0 aliphatic heterocycles. The molecule has 0 saturated carbocycles. The molecule has 3 aromatic carbocycles. The Morgan fingerprint density at radius 1 is 0.409 bits per heavy atom. The highest BCUT2D eigenvalue weighted by Gasteiger charge is 2.26. The van der Waals surface area contributed by atoms with E-state index in [4.69, 9.17) is 28.6 Å². The van der Waals surface area contributed by atoms with Crippen molar-refractivity contribution in [1.82, 2.24) is 19.9 Å². The summed E-state index contributed by atoms with van der Waals surface area (Å²) in [6.45, 7) is 29.4. The first-order valence-electron chi connectivity index (χ1n) is 34.3. The Balaban J connectivity index is 0.000000192. The number of ketones is 5. The van der Waals surface area contributed by atoms with Crippen LogP contribution in [0.3, 0.4) is 0 Å². The topological polar surface area (TPSA) is 343 Å². The van der Waals surface area contributed by atoms with Crippen molar-refractivity contribution in [2.24, 2.45) is 55.4 Å². The molecule has 0 N–H and O–H groups in total. The summed E-state index contributed by atoms with van der Waals surface area (Å²) >= 11 is 1.19. The van der Waals surface area contributed by atoms with Crippen LogP contribution in [0, 0.1) is 48.1 Å². The standard InChI is InChI=1S/C19H17N3O3.C18H18FNO3.C17H16FNO3.C14H14N2O4.C14H14N2O3S/c1-11(2)13-9-16(12(3)8-18(13)23)22-25-19(24)17-10-20-14-6-4-5-7-15(14)21-17;1-10(2)14-9-16(12(4)7-17(14)21)20-23-18(22)15-8-13(19)6-5-11(15)3;1-10(2)14-9-15(11(3)7-16(14)20)19-22-17(21)12-5-4-6-13(18)8-12;1-8(2)10-7-11(9(3)6-12(10)17)16-20-14(18)13-15-4-5-19-13;1-8(2)10-7-11(9(3)6-12(10)17)16-19-14(18)13-15-4-5-20-13/h4-11H,1-3H3;5-10H,1-4H3;4-10H,1-3H3;2*4-8H,1-3H3. The van der Waals surface area contributed by atoms with E-state index in [1.54, 1.807) is 83.4 Å². The average molecular weight is 1520 g/mol. The third-order valence-electron chi connectivity index (χ3n) is 16.2. The lowest BCUT2D eigenvalue weighted by Crippen LogP contribution is -2.16. The number of aromatic nitrogens is 4. The molecule has 11 rings (SSSR count). The molecule has 6 aromatic rings. The van der Waals surface area contributed by atoms with Crippen LogP contribution in [-0.2, 0) is 48.2 Å². The number of oxime groups is 5. The Morgan fingerprint density at radius 3 is 1.19 bits per heavy atom. The van der Waals surface area contributed by atoms with Crippen LogP contribution >= 0.6 is 11.3 Å². The minimum Gasteiger partial charge on any atom is -0.440 e. The zero-order valence-electron chi connectivity index (χ0n) is 63.1. The van der Waals surface area contributed by atoms with Gasteiger partial charge in [0.15, 0.2) is 34.6 Å². The van der Waals surface area contributed by atoms with E-state index in [9.17, 15) is 56.7 Å². The van der Waals surface area contributed by atoms with Gasteiger partial charge >= 0.3 is 35.7 Å². The molecule has 110 heavy (non-hydrogen) atoms. The van der Waals surface area contributed by atoms with Crippen LogP contribution in [0.5, 0.6) is 0 Å². The van der Waals surface area contributed by atoms with Crippen LogP contribution < -0.4 is 0 Å². The molecule has 0 atom stereocenters. The fourth-order valence-corrected chi connectivity index (χ4v) is 10.5. The third kappa shape index (κ3) is 23.6. The van der Waals surface area contributed by atoms with Gasteiger partial charge in [-0.15, -0.1) is 11.3 Å². The summed E-state index contributed by atoms with van der Waals surface area (Å²) in [4.78, 5) is 159. The average Bonchev–Trinajstić information content (AvgIpc) is 0.962. The predicted octanol–water partition coefficient (Wildman–Crippen LogP) is 15.5. The molecule has 3 heterocycles. The van der Waals surface area contributed by atoms with Crippen molar-refractivity contribution in [2.45, 2.75) is 111 Å². The second-order valence-corrected chi connectivity index (χ2v) is 27.3. The van der Waals surface area contributed by atoms with Gasteiger partial charge in [-0.3, -0.25) is 29.0 Å². The van der Waals surface area contributed by atoms with Gasteiger partial charge < -0.3 is 28.6 Å². The van der Waals surface area contributed by atoms with Gasteiger partial charge in [-0.2, -0.15) is 0 Å². The van der Waals surface area contributed by atoms with Crippen molar-refractivity contribution in [1.29, 1.82) is 0 Å². The minimum atomic E-state index is -0.785. The van der Waals surface area contributed by atoms with E-state index >= 15 is 0 Å². The van der Waals surface area contributed by atoms with Crippen molar-refractivity contribution in [3.63, 3.8) is 0 Å². The SMILES string of the molecule is CC1=CC(=O)C(C(C)C)=CC1=NOC(=O)c1cc(F)ccc1C.CC1=CC(=O)C(C(C)C)=CC1=NOC(=O)c1cccc(F)c1.CC1=CC(=O)C(C(C)C)=CC1=NOC(=O)c1cnc2ccccc2n1.CC1=CC(=O)C(C(C)C)=CC1=NOC(=O)c1ncco1.CC1=CC(=O)C(C(C)C)=CC1=NOC(=O)c1nccs1. The van der Waals surface area contributed by atoms with Crippen molar-refractivity contribution >= 4 is 110 Å². The van der Waals surface area contributed by atoms with Crippen molar-refractivity contribution in [2.75, 3.05) is 0 Å². The predicted molar refractivity (Wildman–Crippen MR) is 408 cm³/mol. The van der Waals surface area contributed by atoms with E-state index in [2.05, 4.69) is 45.7 Å². The van der Waals surface area contributed by atoms with Crippen LogP contribution in [0.2, 0.25) is 0 Å². The molecule has 3 aromatic heterocycles. The molecule has 28 heteroatoms. The number of para-hydroxylation sites is 2. The monoisotopic (exact) mass is 1520 g/mol. The number of rotatable bonds is 15. The van der Waals surface area contributed by atoms with Gasteiger partial charge in [-0.05, 0) is 208 Å². The molecule has 0 radical (unpaired) electrons. The summed E-state index contributed by atoms with van der Waals surface area (Å²) < 4.78 is 31.1. The molecule has 5 aliphatic carbocycles. The lowest BCUT2D eigenvalue weighted by atomic mass is 9.90. The van der Waals surface area contributed by atoms with Gasteiger partial charge in [-0.25, -0.2) is 47.7 Å². The number of nitrogens with zero attached hydrogens (tertiary/aromatic N) is 9. The Labute approximate surface area is 636 Å². The van der Waals surface area contributed by atoms with E-state index < -0.39 is 41.5 Å². The Hall–Kier alpha value is -12.9. The third-order valence-corrected chi connectivity index (χ3v) is 17.0. The summed E-state index contributed by atoms with van der Waals surface area (Å²) in [5, 5.41) is 21.0. The van der Waals surface area contributed by atoms with Crippen molar-refractivity contribution in [3.05, 3.63) is 258 Å². The Bertz CT molecular complexity index is 5030. The smallest absolute Gasteiger partial charge is 0.420 e. The summed E-state index contributed by atoms with van der Waals surface area (Å²) in [5.41, 5.74) is 10.7. The van der Waals surface area contributed by atoms with E-state index in [-0.39, 0.29) is 86.2 Å². The fourth-order valence-electron chi connectivity index (χ4n) is 9.99. The lowest BCUT2D eigenvalue weighted by Gasteiger charge is -2.14. The van der Waals surface area contributed by atoms with Gasteiger partial charge in [0, 0.05) is 39.4 Å². The van der Waals surface area contributed by atoms with Crippen LogP contribution in [-0.4, -0.2) is 107 Å². The van der Waals surface area contributed by atoms with E-state index in [0.717, 1.165) is 12.1 Å². The largest absolute Gasteiger partial charge is 0.440 e. The first-order chi connectivity index (χ1) is 52.1. The van der Waals surface area contributed by atoms with E-state index in [1.807, 2.05) is 87.4 Å². The zero-order chi connectivity index (χ0) is 80.8. The maximum Gasteiger partial charge on any atom is 0.420 e. The second kappa shape index (κ2) is 39.1. The maximum absolute atomic E-state index is 13.2. The molecule has 568 valence electrons. The second-order valence-electron chi connectivity index (χ2n) is 26.4. The molecule has 0 bridgehead atoms. The minimum absolute atomic E-state index is 0.0253. The number of carbonyl (C=O) groups excluding carboxylic acids is 10. The highest BCUT2D eigenvalue weighted by atomic mass is 32.1. The van der Waals surface area contributed by atoms with E-state index in [1.165, 1.54) is 96.9 Å². The van der Waals surface area contributed by atoms with Crippen LogP contribution in [0.15, 0.2) is 244 Å². The van der Waals surface area contributed by atoms with Crippen LogP contribution in [0.25, 0.3) is 11.0 Å². The number of halogens is 2. The number of fused-ring (bicyclic) bond motifs is 1. The molecular weight excluding hydrogens is 1440 g/mol. The number of thiazole rings is 1. The normalized spacial score (nSPS) is 16.7. The van der Waals surface area contributed by atoms with Gasteiger partial charge in [0.2, 0.25) is 5.01 Å². The lowest BCUT2D eigenvalue weighted by molar-refractivity contribution is -0.112. The van der Waals surface area contributed by atoms with Gasteiger partial charge in [0.1, 0.15) is 46.5 Å². The number of hydrogen-bond donors (Lipinski definition) is 0. The summed E-state index contributed by atoms with van der Waals surface area (Å²) in [6.07, 6.45) is 21.1. The molecule has 5 aliphatic rings. The Morgan fingerprint density at radius 2 is 0.800 bits per heavy atom. The molecule has 0 amide bonds. The number of benzene rings is 3. The molecule has 0 saturated heterocycles. The molecular formula is C82H79F2N9O16S. The maximum atomic E-state index is 13.2. The summed E-state index contributed by atoms with van der Waals surface area (Å²) in [7, 11) is 0. The fraction of sp³-hybridized carbons (Fsp3) is 0.256. The first-order valence-corrected chi connectivity index (χ1v) is 35.2. The number of oxazole rings is 1. The molecule has 0 unspecified atom stereocenters. The Kier molecular flexibility index (Phi) is 30.0. The van der Waals surface area contributed by atoms with E-state index in [0.29, 0.717) is 101 Å². The van der Waals surface area contributed by atoms with Gasteiger partial charge in [0.25, 0.3) is 0 Å². The van der Waals surface area contributed by atoms with Crippen molar-refractivity contribution < 1.29 is 85.3 Å². The zero-order valence-corrected chi connectivity index (χ0v) is 63.9. The number of carbonyl (C=O) groups is 10. The number of allylic oxidation sites excluding steroid dienone is 20. The highest BCUT2D eigenvalue weighted by Crippen LogP contribution is 2.26. The highest BCUT2D eigenvalue weighted by molar-refractivity contribution is 7.11. The van der Waals surface area contributed by atoms with Gasteiger partial charge in [-0.1, -0.05) is 119 Å². The summed E-state index contributed by atoms with van der Waals surface area (Å²) in [5.74, 6) is -4.73.